The molecule has 3 nitrogen and oxygen atoms in total. The van der Waals surface area contributed by atoms with E-state index in [1.54, 1.807) is 13.3 Å². The molecule has 3 rings (SSSR count). The molecule has 3 aromatic carbocycles. The van der Waals surface area contributed by atoms with Crippen molar-refractivity contribution in [3.05, 3.63) is 87.4 Å². The number of ether oxygens (including phenoxy) is 2. The molecule has 0 atom stereocenters. The molecule has 0 saturated carbocycles. The Morgan fingerprint density at radius 2 is 1.74 bits per heavy atom. The number of benzene rings is 3. The Morgan fingerprint density at radius 3 is 2.44 bits per heavy atom. The summed E-state index contributed by atoms with van der Waals surface area (Å²) < 4.78 is 11.3. The Balaban J connectivity index is 1.80. The molecule has 0 fully saturated rings. The number of para-hydroxylation sites is 1. The highest BCUT2D eigenvalue weighted by atomic mass is 35.5. The van der Waals surface area contributed by atoms with Crippen molar-refractivity contribution in [3.63, 3.8) is 0 Å². The molecule has 0 aliphatic heterocycles. The zero-order valence-electron chi connectivity index (χ0n) is 15.1. The van der Waals surface area contributed by atoms with Crippen LogP contribution in [0.2, 0.25) is 10.0 Å². The van der Waals surface area contributed by atoms with Crippen molar-refractivity contribution < 1.29 is 9.47 Å². The minimum absolute atomic E-state index is 0.365. The summed E-state index contributed by atoms with van der Waals surface area (Å²) >= 11 is 12.3. The lowest BCUT2D eigenvalue weighted by atomic mass is 10.2. The van der Waals surface area contributed by atoms with Crippen molar-refractivity contribution in [2.75, 3.05) is 7.11 Å². The quantitative estimate of drug-likeness (QED) is 0.434. The molecular weight excluding hydrogens is 381 g/mol. The van der Waals surface area contributed by atoms with E-state index >= 15 is 0 Å². The second kappa shape index (κ2) is 8.94. The maximum absolute atomic E-state index is 6.43. The van der Waals surface area contributed by atoms with E-state index in [-0.39, 0.29) is 0 Å². The zero-order chi connectivity index (χ0) is 19.2. The lowest BCUT2D eigenvalue weighted by Crippen LogP contribution is -1.99. The topological polar surface area (TPSA) is 30.8 Å². The maximum atomic E-state index is 6.43. The molecule has 0 unspecified atom stereocenters. The van der Waals surface area contributed by atoms with E-state index in [0.717, 1.165) is 22.4 Å². The van der Waals surface area contributed by atoms with Crippen molar-refractivity contribution in [2.24, 2.45) is 4.99 Å². The van der Waals surface area contributed by atoms with Gasteiger partial charge in [0.1, 0.15) is 6.61 Å². The standard InChI is InChI=1S/C22H19Cl2NO2/c1-15-5-3-4-6-20(15)25-13-17-11-19(24)22(21(12-17)26-2)27-14-16-7-9-18(23)10-8-16/h3-13H,14H2,1-2H3. The highest BCUT2D eigenvalue weighted by Gasteiger charge is 2.12. The number of halogens is 2. The molecule has 0 radical (unpaired) electrons. The molecule has 0 N–H and O–H groups in total. The van der Waals surface area contributed by atoms with Gasteiger partial charge in [0.25, 0.3) is 0 Å². The fraction of sp³-hybridized carbons (Fsp3) is 0.136. The molecule has 0 saturated heterocycles. The van der Waals surface area contributed by atoms with E-state index in [1.165, 1.54) is 0 Å². The number of nitrogens with zero attached hydrogens (tertiary/aromatic N) is 1. The van der Waals surface area contributed by atoms with Crippen LogP contribution in [0, 0.1) is 6.92 Å². The van der Waals surface area contributed by atoms with Crippen molar-refractivity contribution in [3.8, 4) is 11.5 Å². The van der Waals surface area contributed by atoms with Crippen LogP contribution in [-0.2, 0) is 6.61 Å². The smallest absolute Gasteiger partial charge is 0.180 e. The van der Waals surface area contributed by atoms with Crippen LogP contribution in [0.15, 0.2) is 65.7 Å². The van der Waals surface area contributed by atoms with Gasteiger partial charge in [0.2, 0.25) is 0 Å². The fourth-order valence-electron chi connectivity index (χ4n) is 2.54. The van der Waals surface area contributed by atoms with Crippen LogP contribution >= 0.6 is 23.2 Å². The molecule has 5 heteroatoms. The van der Waals surface area contributed by atoms with Crippen LogP contribution in [0.3, 0.4) is 0 Å². The van der Waals surface area contributed by atoms with Gasteiger partial charge in [-0.3, -0.25) is 4.99 Å². The predicted octanol–water partition coefficient (Wildman–Crippen LogP) is 6.64. The summed E-state index contributed by atoms with van der Waals surface area (Å²) in [6.45, 7) is 2.39. The van der Waals surface area contributed by atoms with E-state index in [4.69, 9.17) is 32.7 Å². The van der Waals surface area contributed by atoms with Crippen LogP contribution in [0.5, 0.6) is 11.5 Å². The first-order valence-corrected chi connectivity index (χ1v) is 9.17. The van der Waals surface area contributed by atoms with Gasteiger partial charge in [-0.15, -0.1) is 0 Å². The first-order chi connectivity index (χ1) is 13.1. The monoisotopic (exact) mass is 399 g/mol. The first kappa shape index (κ1) is 19.3. The van der Waals surface area contributed by atoms with Gasteiger partial charge >= 0.3 is 0 Å². The minimum atomic E-state index is 0.365. The van der Waals surface area contributed by atoms with Gasteiger partial charge in [0, 0.05) is 11.2 Å². The molecule has 0 amide bonds. The molecule has 138 valence electrons. The SMILES string of the molecule is COc1cc(C=Nc2ccccc2C)cc(Cl)c1OCc1ccc(Cl)cc1. The third-order valence-corrected chi connectivity index (χ3v) is 4.55. The number of rotatable bonds is 6. The van der Waals surface area contributed by atoms with Crippen LogP contribution in [0.1, 0.15) is 16.7 Å². The van der Waals surface area contributed by atoms with E-state index in [2.05, 4.69) is 4.99 Å². The Bertz CT molecular complexity index is 953. The number of aliphatic imine (C=N–C) groups is 1. The maximum Gasteiger partial charge on any atom is 0.180 e. The van der Waals surface area contributed by atoms with E-state index in [0.29, 0.717) is 28.2 Å². The Labute approximate surface area is 169 Å². The normalized spacial score (nSPS) is 11.0. The van der Waals surface area contributed by atoms with Gasteiger partial charge in [0.05, 0.1) is 17.8 Å². The van der Waals surface area contributed by atoms with Crippen LogP contribution in [0.25, 0.3) is 0 Å². The number of hydrogen-bond donors (Lipinski definition) is 0. The summed E-state index contributed by atoms with van der Waals surface area (Å²) in [5.74, 6) is 1.06. The van der Waals surface area contributed by atoms with E-state index < -0.39 is 0 Å². The number of methoxy groups -OCH3 is 1. The first-order valence-electron chi connectivity index (χ1n) is 8.41. The molecule has 0 aliphatic carbocycles. The van der Waals surface area contributed by atoms with Gasteiger partial charge in [-0.25, -0.2) is 0 Å². The molecule has 0 bridgehead atoms. The average Bonchev–Trinajstić information content (AvgIpc) is 2.67. The number of aryl methyl sites for hydroxylation is 1. The van der Waals surface area contributed by atoms with Crippen LogP contribution in [0.4, 0.5) is 5.69 Å². The van der Waals surface area contributed by atoms with E-state index in [1.807, 2.05) is 67.6 Å². The third-order valence-electron chi connectivity index (χ3n) is 4.02. The average molecular weight is 400 g/mol. The molecule has 3 aromatic rings. The number of hydrogen-bond acceptors (Lipinski definition) is 3. The Morgan fingerprint density at radius 1 is 1.00 bits per heavy atom. The van der Waals surface area contributed by atoms with E-state index in [9.17, 15) is 0 Å². The molecule has 0 heterocycles. The summed E-state index contributed by atoms with van der Waals surface area (Å²) in [7, 11) is 1.59. The van der Waals surface area contributed by atoms with Crippen LogP contribution < -0.4 is 9.47 Å². The van der Waals surface area contributed by atoms with Crippen LogP contribution in [-0.4, -0.2) is 13.3 Å². The molecule has 0 aliphatic rings. The summed E-state index contributed by atoms with van der Waals surface area (Å²) in [6, 6.07) is 19.1. The summed E-state index contributed by atoms with van der Waals surface area (Å²) in [4.78, 5) is 4.53. The Kier molecular flexibility index (Phi) is 6.38. The second-order valence-electron chi connectivity index (χ2n) is 5.99. The minimum Gasteiger partial charge on any atom is -0.493 e. The van der Waals surface area contributed by atoms with Gasteiger partial charge in [-0.1, -0.05) is 53.5 Å². The second-order valence-corrected chi connectivity index (χ2v) is 6.84. The molecular formula is C22H19Cl2NO2. The van der Waals surface area contributed by atoms with Gasteiger partial charge in [-0.05, 0) is 53.9 Å². The highest BCUT2D eigenvalue weighted by Crippen LogP contribution is 2.36. The molecule has 0 spiro atoms. The van der Waals surface area contributed by atoms with Gasteiger partial charge < -0.3 is 9.47 Å². The van der Waals surface area contributed by atoms with Crippen molar-refractivity contribution in [2.45, 2.75) is 13.5 Å². The molecule has 0 aromatic heterocycles. The van der Waals surface area contributed by atoms with Gasteiger partial charge in [0.15, 0.2) is 11.5 Å². The van der Waals surface area contributed by atoms with Gasteiger partial charge in [-0.2, -0.15) is 0 Å². The van der Waals surface area contributed by atoms with Crippen molar-refractivity contribution in [1.29, 1.82) is 0 Å². The summed E-state index contributed by atoms with van der Waals surface area (Å²) in [6.07, 6.45) is 1.76. The lowest BCUT2D eigenvalue weighted by Gasteiger charge is -2.13. The Hall–Kier alpha value is -2.49. The fourth-order valence-corrected chi connectivity index (χ4v) is 2.94. The summed E-state index contributed by atoms with van der Waals surface area (Å²) in [5, 5.41) is 1.15. The predicted molar refractivity (Wildman–Crippen MR) is 112 cm³/mol. The summed E-state index contributed by atoms with van der Waals surface area (Å²) in [5.41, 5.74) is 3.84. The highest BCUT2D eigenvalue weighted by molar-refractivity contribution is 6.32. The third kappa shape index (κ3) is 5.03. The zero-order valence-corrected chi connectivity index (χ0v) is 16.6. The van der Waals surface area contributed by atoms with Crippen molar-refractivity contribution in [1.82, 2.24) is 0 Å². The lowest BCUT2D eigenvalue weighted by molar-refractivity contribution is 0.284. The van der Waals surface area contributed by atoms with Crippen molar-refractivity contribution >= 4 is 35.1 Å². The largest absolute Gasteiger partial charge is 0.493 e. The molecule has 27 heavy (non-hydrogen) atoms.